The van der Waals surface area contributed by atoms with Gasteiger partial charge in [-0.2, -0.15) is 0 Å². The van der Waals surface area contributed by atoms with Gasteiger partial charge in [0.25, 0.3) is 5.69 Å². The first-order valence-electron chi connectivity index (χ1n) is 5.90. The minimum absolute atomic E-state index is 0.0329. The highest BCUT2D eigenvalue weighted by atomic mass is 19.1. The van der Waals surface area contributed by atoms with Crippen LogP contribution in [0.15, 0.2) is 36.4 Å². The molecule has 0 amide bonds. The van der Waals surface area contributed by atoms with Crippen molar-refractivity contribution in [1.82, 2.24) is 0 Å². The van der Waals surface area contributed by atoms with E-state index in [9.17, 15) is 14.5 Å². The molecule has 2 aromatic rings. The second-order valence-corrected chi connectivity index (χ2v) is 4.28. The molecule has 2 N–H and O–H groups in total. The fourth-order valence-electron chi connectivity index (χ4n) is 1.77. The number of rotatable bonds is 4. The van der Waals surface area contributed by atoms with Crippen molar-refractivity contribution in [1.29, 1.82) is 0 Å². The number of nitro benzene ring substituents is 1. The number of para-hydroxylation sites is 1. The largest absolute Gasteiger partial charge is 0.486 e. The molecule has 0 aromatic heterocycles. The fourth-order valence-corrected chi connectivity index (χ4v) is 1.77. The second-order valence-electron chi connectivity index (χ2n) is 4.28. The van der Waals surface area contributed by atoms with Crippen LogP contribution in [0.5, 0.6) is 5.75 Å². The molecule has 2 aromatic carbocycles. The first-order valence-corrected chi connectivity index (χ1v) is 5.90. The van der Waals surface area contributed by atoms with Gasteiger partial charge < -0.3 is 10.5 Å². The van der Waals surface area contributed by atoms with E-state index in [0.717, 1.165) is 0 Å². The first kappa shape index (κ1) is 13.8. The van der Waals surface area contributed by atoms with Crippen LogP contribution < -0.4 is 10.5 Å². The van der Waals surface area contributed by atoms with Gasteiger partial charge in [0.2, 0.25) is 0 Å². The Labute approximate surface area is 114 Å². The Balaban J connectivity index is 2.21. The van der Waals surface area contributed by atoms with E-state index >= 15 is 0 Å². The number of hydrogen-bond acceptors (Lipinski definition) is 4. The molecule has 20 heavy (non-hydrogen) atoms. The Kier molecular flexibility index (Phi) is 3.84. The molecule has 0 aliphatic rings. The minimum atomic E-state index is -0.563. The summed E-state index contributed by atoms with van der Waals surface area (Å²) >= 11 is 0. The molecule has 0 aliphatic heterocycles. The normalized spacial score (nSPS) is 10.3. The summed E-state index contributed by atoms with van der Waals surface area (Å²) in [5, 5.41) is 10.8. The van der Waals surface area contributed by atoms with Crippen LogP contribution >= 0.6 is 0 Å². The van der Waals surface area contributed by atoms with E-state index in [0.29, 0.717) is 11.1 Å². The van der Waals surface area contributed by atoms with Gasteiger partial charge in [0, 0.05) is 11.6 Å². The van der Waals surface area contributed by atoms with Crippen LogP contribution in [0.1, 0.15) is 11.1 Å². The van der Waals surface area contributed by atoms with Gasteiger partial charge in [-0.25, -0.2) is 4.39 Å². The lowest BCUT2D eigenvalue weighted by molar-refractivity contribution is -0.384. The molecule has 0 unspecified atom stereocenters. The van der Waals surface area contributed by atoms with Gasteiger partial charge in [-0.1, -0.05) is 24.3 Å². The van der Waals surface area contributed by atoms with Gasteiger partial charge in [-0.05, 0) is 18.6 Å². The first-order chi connectivity index (χ1) is 9.50. The van der Waals surface area contributed by atoms with Crippen LogP contribution in [-0.2, 0) is 6.61 Å². The highest BCUT2D eigenvalue weighted by Gasteiger charge is 2.15. The summed E-state index contributed by atoms with van der Waals surface area (Å²) in [5.41, 5.74) is 6.46. The van der Waals surface area contributed by atoms with Crippen molar-refractivity contribution in [2.75, 3.05) is 5.73 Å². The summed E-state index contributed by atoms with van der Waals surface area (Å²) < 4.78 is 19.1. The van der Waals surface area contributed by atoms with Gasteiger partial charge in [0.05, 0.1) is 4.92 Å². The second kappa shape index (κ2) is 5.56. The average molecular weight is 276 g/mol. The molecular formula is C14H13FN2O3. The topological polar surface area (TPSA) is 78.4 Å². The number of nitrogens with two attached hydrogens (primary N) is 1. The molecule has 0 spiro atoms. The third-order valence-electron chi connectivity index (χ3n) is 2.91. The molecule has 6 heteroatoms. The quantitative estimate of drug-likeness (QED) is 0.528. The molecule has 0 aliphatic carbocycles. The van der Waals surface area contributed by atoms with E-state index in [-0.39, 0.29) is 23.7 Å². The summed E-state index contributed by atoms with van der Waals surface area (Å²) in [5.74, 6) is -0.354. The standard InChI is InChI=1S/C14H13FN2O3/c1-9-4-2-7-12(13(9)15)20-8-10-5-3-6-11(14(10)16)17(18)19/h2-7H,8,16H2,1H3. The lowest BCUT2D eigenvalue weighted by atomic mass is 10.1. The minimum Gasteiger partial charge on any atom is -0.486 e. The summed E-state index contributed by atoms with van der Waals surface area (Å²) in [4.78, 5) is 10.2. The summed E-state index contributed by atoms with van der Waals surface area (Å²) in [6.45, 7) is 1.60. The van der Waals surface area contributed by atoms with Crippen molar-refractivity contribution in [3.05, 3.63) is 63.5 Å². The van der Waals surface area contributed by atoms with Crippen molar-refractivity contribution in [2.45, 2.75) is 13.5 Å². The van der Waals surface area contributed by atoms with Crippen LogP contribution in [0.3, 0.4) is 0 Å². The molecule has 0 saturated carbocycles. The van der Waals surface area contributed by atoms with Crippen molar-refractivity contribution in [3.8, 4) is 5.75 Å². The zero-order chi connectivity index (χ0) is 14.7. The smallest absolute Gasteiger partial charge is 0.292 e. The van der Waals surface area contributed by atoms with E-state index in [1.165, 1.54) is 18.2 Å². The van der Waals surface area contributed by atoms with Gasteiger partial charge in [-0.3, -0.25) is 10.1 Å². The molecule has 2 rings (SSSR count). The molecule has 104 valence electrons. The monoisotopic (exact) mass is 276 g/mol. The van der Waals surface area contributed by atoms with Crippen LogP contribution in [0.25, 0.3) is 0 Å². The number of halogens is 1. The maximum atomic E-state index is 13.7. The van der Waals surface area contributed by atoms with Crippen molar-refractivity contribution >= 4 is 11.4 Å². The number of benzene rings is 2. The van der Waals surface area contributed by atoms with Crippen LogP contribution in [0.4, 0.5) is 15.8 Å². The zero-order valence-corrected chi connectivity index (χ0v) is 10.8. The highest BCUT2D eigenvalue weighted by Crippen LogP contribution is 2.27. The number of aryl methyl sites for hydroxylation is 1. The summed E-state index contributed by atoms with van der Waals surface area (Å²) in [6.07, 6.45) is 0. The molecule has 5 nitrogen and oxygen atoms in total. The Morgan fingerprint density at radius 3 is 2.70 bits per heavy atom. The van der Waals surface area contributed by atoms with Gasteiger partial charge >= 0.3 is 0 Å². The summed E-state index contributed by atoms with van der Waals surface area (Å²) in [7, 11) is 0. The molecule has 0 radical (unpaired) electrons. The maximum absolute atomic E-state index is 13.7. The Morgan fingerprint density at radius 2 is 2.00 bits per heavy atom. The number of nitrogen functional groups attached to an aromatic ring is 1. The lowest BCUT2D eigenvalue weighted by Crippen LogP contribution is -2.04. The van der Waals surface area contributed by atoms with Crippen LogP contribution in [0, 0.1) is 22.9 Å². The maximum Gasteiger partial charge on any atom is 0.292 e. The van der Waals surface area contributed by atoms with Crippen molar-refractivity contribution in [3.63, 3.8) is 0 Å². The average Bonchev–Trinajstić information content (AvgIpc) is 2.41. The number of ether oxygens (including phenoxy) is 1. The SMILES string of the molecule is Cc1cccc(OCc2cccc([N+](=O)[O-])c2N)c1F. The van der Waals surface area contributed by atoms with E-state index in [1.54, 1.807) is 25.1 Å². The highest BCUT2D eigenvalue weighted by molar-refractivity contribution is 5.62. The Bertz CT molecular complexity index is 659. The molecule has 0 saturated heterocycles. The van der Waals surface area contributed by atoms with Crippen molar-refractivity contribution < 1.29 is 14.1 Å². The van der Waals surface area contributed by atoms with Gasteiger partial charge in [0.1, 0.15) is 12.3 Å². The molecular weight excluding hydrogens is 263 g/mol. The Morgan fingerprint density at radius 1 is 1.30 bits per heavy atom. The van der Waals surface area contributed by atoms with Crippen molar-refractivity contribution in [2.24, 2.45) is 0 Å². The number of hydrogen-bond donors (Lipinski definition) is 1. The lowest BCUT2D eigenvalue weighted by Gasteiger charge is -2.10. The zero-order valence-electron chi connectivity index (χ0n) is 10.8. The number of nitro groups is 1. The summed E-state index contributed by atoms with van der Waals surface area (Å²) in [6, 6.07) is 9.23. The van der Waals surface area contributed by atoms with Crippen LogP contribution in [0.2, 0.25) is 0 Å². The molecule has 0 fully saturated rings. The van der Waals surface area contributed by atoms with E-state index in [1.807, 2.05) is 0 Å². The number of nitrogens with zero attached hydrogens (tertiary/aromatic N) is 1. The predicted molar refractivity (Wildman–Crippen MR) is 73.0 cm³/mol. The third kappa shape index (κ3) is 2.69. The van der Waals surface area contributed by atoms with Gasteiger partial charge in [0.15, 0.2) is 11.6 Å². The van der Waals surface area contributed by atoms with E-state index in [2.05, 4.69) is 0 Å². The van der Waals surface area contributed by atoms with E-state index in [4.69, 9.17) is 10.5 Å². The van der Waals surface area contributed by atoms with E-state index < -0.39 is 10.7 Å². The Hall–Kier alpha value is -2.63. The molecule has 0 atom stereocenters. The predicted octanol–water partition coefficient (Wildman–Crippen LogP) is 3.20. The third-order valence-corrected chi connectivity index (χ3v) is 2.91. The molecule has 0 bridgehead atoms. The fraction of sp³-hybridized carbons (Fsp3) is 0.143. The molecule has 0 heterocycles. The van der Waals surface area contributed by atoms with Gasteiger partial charge in [-0.15, -0.1) is 0 Å². The number of anilines is 1. The van der Waals surface area contributed by atoms with Crippen LogP contribution in [-0.4, -0.2) is 4.92 Å².